The Labute approximate surface area is 92.2 Å². The first-order valence-electron chi connectivity index (χ1n) is 5.67. The molecular formula is C13H20N2. The zero-order chi connectivity index (χ0) is 11.3. The van der Waals surface area contributed by atoms with E-state index in [1.807, 2.05) is 26.0 Å². The maximum atomic E-state index is 7.25. The molecule has 2 rings (SSSR count). The molecule has 0 bridgehead atoms. The molecule has 1 aliphatic rings. The minimum atomic E-state index is 0.653. The number of hydrogen-bond acceptors (Lipinski definition) is 2. The third-order valence-corrected chi connectivity index (χ3v) is 2.30. The number of hydrogen-bond donors (Lipinski definition) is 2. The molecule has 0 atom stereocenters. The number of rotatable bonds is 3. The van der Waals surface area contributed by atoms with Gasteiger partial charge in [-0.25, -0.2) is 0 Å². The van der Waals surface area contributed by atoms with Gasteiger partial charge in [0.1, 0.15) is 0 Å². The summed E-state index contributed by atoms with van der Waals surface area (Å²) in [5.74, 6) is 0. The van der Waals surface area contributed by atoms with Gasteiger partial charge in [0.05, 0.1) is 0 Å². The Morgan fingerprint density at radius 2 is 2.00 bits per heavy atom. The lowest BCUT2D eigenvalue weighted by Crippen LogP contribution is -2.03. The number of benzene rings is 1. The molecule has 0 unspecified atom stereocenters. The van der Waals surface area contributed by atoms with Gasteiger partial charge in [-0.2, -0.15) is 0 Å². The van der Waals surface area contributed by atoms with Gasteiger partial charge in [0.15, 0.2) is 0 Å². The second-order valence-corrected chi connectivity index (χ2v) is 3.65. The van der Waals surface area contributed by atoms with Crippen LogP contribution < -0.4 is 5.32 Å². The molecule has 2 N–H and O–H groups in total. The van der Waals surface area contributed by atoms with E-state index in [2.05, 4.69) is 18.3 Å². The van der Waals surface area contributed by atoms with Crippen LogP contribution in [0.3, 0.4) is 0 Å². The number of aryl methyl sites for hydroxylation is 1. The van der Waals surface area contributed by atoms with E-state index in [4.69, 9.17) is 5.41 Å². The quantitative estimate of drug-likeness (QED) is 0.725. The smallest absolute Gasteiger partial charge is 0.0433 e. The van der Waals surface area contributed by atoms with E-state index in [0.29, 0.717) is 6.04 Å². The van der Waals surface area contributed by atoms with Gasteiger partial charge < -0.3 is 10.7 Å². The SMILES string of the molecule is CC.Cc1ccc(C=N)c(NC2CC2)c1. The largest absolute Gasteiger partial charge is 0.382 e. The van der Waals surface area contributed by atoms with E-state index in [-0.39, 0.29) is 0 Å². The van der Waals surface area contributed by atoms with Gasteiger partial charge in [-0.3, -0.25) is 0 Å². The monoisotopic (exact) mass is 204 g/mol. The maximum absolute atomic E-state index is 7.25. The first kappa shape index (κ1) is 11.8. The van der Waals surface area contributed by atoms with Crippen LogP contribution in [0.1, 0.15) is 37.8 Å². The van der Waals surface area contributed by atoms with E-state index in [1.165, 1.54) is 24.6 Å². The van der Waals surface area contributed by atoms with E-state index in [1.54, 1.807) is 0 Å². The predicted molar refractivity (Wildman–Crippen MR) is 67.1 cm³/mol. The zero-order valence-electron chi connectivity index (χ0n) is 9.80. The predicted octanol–water partition coefficient (Wildman–Crippen LogP) is 3.59. The molecule has 2 heteroatoms. The van der Waals surface area contributed by atoms with Crippen LogP contribution in [0.5, 0.6) is 0 Å². The summed E-state index contributed by atoms with van der Waals surface area (Å²) in [7, 11) is 0. The highest BCUT2D eigenvalue weighted by Gasteiger charge is 2.21. The molecular weight excluding hydrogens is 184 g/mol. The molecule has 1 aromatic rings. The molecule has 15 heavy (non-hydrogen) atoms. The lowest BCUT2D eigenvalue weighted by Gasteiger charge is -2.08. The molecule has 1 saturated carbocycles. The van der Waals surface area contributed by atoms with Crippen LogP contribution in [0, 0.1) is 12.3 Å². The van der Waals surface area contributed by atoms with Gasteiger partial charge in [-0.1, -0.05) is 26.0 Å². The summed E-state index contributed by atoms with van der Waals surface area (Å²) < 4.78 is 0. The van der Waals surface area contributed by atoms with Crippen molar-refractivity contribution < 1.29 is 0 Å². The van der Waals surface area contributed by atoms with E-state index in [9.17, 15) is 0 Å². The maximum Gasteiger partial charge on any atom is 0.0433 e. The van der Waals surface area contributed by atoms with Crippen LogP contribution in [-0.4, -0.2) is 12.3 Å². The second-order valence-electron chi connectivity index (χ2n) is 3.65. The van der Waals surface area contributed by atoms with Crippen molar-refractivity contribution >= 4 is 11.9 Å². The molecule has 1 aliphatic carbocycles. The van der Waals surface area contributed by atoms with Crippen molar-refractivity contribution in [1.82, 2.24) is 0 Å². The summed E-state index contributed by atoms with van der Waals surface area (Å²) in [6.07, 6.45) is 3.95. The van der Waals surface area contributed by atoms with Crippen molar-refractivity contribution in [2.24, 2.45) is 0 Å². The molecule has 82 valence electrons. The molecule has 0 heterocycles. The van der Waals surface area contributed by atoms with Crippen LogP contribution in [0.4, 0.5) is 5.69 Å². The summed E-state index contributed by atoms with van der Waals surface area (Å²) >= 11 is 0. The average Bonchev–Trinajstić information content (AvgIpc) is 3.05. The summed E-state index contributed by atoms with van der Waals surface area (Å²) in [5.41, 5.74) is 3.34. The van der Waals surface area contributed by atoms with Gasteiger partial charge in [-0.15, -0.1) is 0 Å². The lowest BCUT2D eigenvalue weighted by molar-refractivity contribution is 1.15. The molecule has 0 saturated heterocycles. The Bertz CT molecular complexity index is 327. The van der Waals surface area contributed by atoms with Crippen LogP contribution >= 0.6 is 0 Å². The van der Waals surface area contributed by atoms with Crippen LogP contribution in [-0.2, 0) is 0 Å². The van der Waals surface area contributed by atoms with Crippen LogP contribution in [0.25, 0.3) is 0 Å². The van der Waals surface area contributed by atoms with Gasteiger partial charge >= 0.3 is 0 Å². The fourth-order valence-electron chi connectivity index (χ4n) is 1.37. The molecule has 1 fully saturated rings. The Balaban J connectivity index is 0.000000531. The Kier molecular flexibility index (Phi) is 4.35. The van der Waals surface area contributed by atoms with E-state index in [0.717, 1.165) is 11.3 Å². The van der Waals surface area contributed by atoms with E-state index >= 15 is 0 Å². The summed E-state index contributed by atoms with van der Waals surface area (Å²) in [5, 5.41) is 10.7. The summed E-state index contributed by atoms with van der Waals surface area (Å²) in [4.78, 5) is 0. The topological polar surface area (TPSA) is 35.9 Å². The zero-order valence-corrected chi connectivity index (χ0v) is 9.80. The third-order valence-electron chi connectivity index (χ3n) is 2.30. The standard InChI is InChI=1S/C11H14N2.C2H6/c1-8-2-3-9(7-12)11(6-8)13-10-4-5-10;1-2/h2-3,6-7,10,12-13H,4-5H2,1H3;1-2H3. The Hall–Kier alpha value is -1.31. The van der Waals surface area contributed by atoms with Crippen molar-refractivity contribution in [1.29, 1.82) is 5.41 Å². The fourth-order valence-corrected chi connectivity index (χ4v) is 1.37. The highest BCUT2D eigenvalue weighted by atomic mass is 15.0. The van der Waals surface area contributed by atoms with E-state index < -0.39 is 0 Å². The lowest BCUT2D eigenvalue weighted by atomic mass is 10.1. The van der Waals surface area contributed by atoms with Crippen molar-refractivity contribution in [3.05, 3.63) is 29.3 Å². The molecule has 1 aromatic carbocycles. The van der Waals surface area contributed by atoms with Crippen LogP contribution in [0.15, 0.2) is 18.2 Å². The Morgan fingerprint density at radius 3 is 2.53 bits per heavy atom. The molecule has 0 amide bonds. The van der Waals surface area contributed by atoms with Gasteiger partial charge in [0, 0.05) is 23.5 Å². The summed E-state index contributed by atoms with van der Waals surface area (Å²) in [6.45, 7) is 6.08. The molecule has 0 aromatic heterocycles. The fraction of sp³-hybridized carbons (Fsp3) is 0.462. The minimum Gasteiger partial charge on any atom is -0.382 e. The normalized spacial score (nSPS) is 13.8. The minimum absolute atomic E-state index is 0.653. The van der Waals surface area contributed by atoms with Crippen molar-refractivity contribution in [2.45, 2.75) is 39.7 Å². The van der Waals surface area contributed by atoms with Gasteiger partial charge in [0.25, 0.3) is 0 Å². The molecule has 0 spiro atoms. The highest BCUT2D eigenvalue weighted by molar-refractivity contribution is 5.86. The van der Waals surface area contributed by atoms with Gasteiger partial charge in [-0.05, 0) is 31.4 Å². The highest BCUT2D eigenvalue weighted by Crippen LogP contribution is 2.26. The number of nitrogens with one attached hydrogen (secondary N) is 2. The van der Waals surface area contributed by atoms with Crippen molar-refractivity contribution in [2.75, 3.05) is 5.32 Å². The first-order valence-corrected chi connectivity index (χ1v) is 5.67. The first-order chi connectivity index (χ1) is 7.29. The number of anilines is 1. The second kappa shape index (κ2) is 5.54. The average molecular weight is 204 g/mol. The van der Waals surface area contributed by atoms with Crippen LogP contribution in [0.2, 0.25) is 0 Å². The molecule has 0 aliphatic heterocycles. The molecule has 2 nitrogen and oxygen atoms in total. The van der Waals surface area contributed by atoms with Crippen molar-refractivity contribution in [3.63, 3.8) is 0 Å². The van der Waals surface area contributed by atoms with Crippen molar-refractivity contribution in [3.8, 4) is 0 Å². The van der Waals surface area contributed by atoms with Gasteiger partial charge in [0.2, 0.25) is 0 Å². The Morgan fingerprint density at radius 1 is 1.33 bits per heavy atom. The molecule has 0 radical (unpaired) electrons. The third kappa shape index (κ3) is 3.39. The summed E-state index contributed by atoms with van der Waals surface area (Å²) in [6, 6.07) is 6.80.